The highest BCUT2D eigenvalue weighted by Gasteiger charge is 2.14. The molecule has 4 nitrogen and oxygen atoms in total. The second-order valence-corrected chi connectivity index (χ2v) is 8.37. The molecule has 0 bridgehead atoms. The van der Waals surface area contributed by atoms with E-state index in [1.54, 1.807) is 12.4 Å². The zero-order valence-corrected chi connectivity index (χ0v) is 18.7. The van der Waals surface area contributed by atoms with Gasteiger partial charge >= 0.3 is 0 Å². The van der Waals surface area contributed by atoms with Gasteiger partial charge in [-0.2, -0.15) is 10.5 Å². The fourth-order valence-electron chi connectivity index (χ4n) is 4.77. The van der Waals surface area contributed by atoms with Crippen LogP contribution in [0.5, 0.6) is 0 Å². The van der Waals surface area contributed by atoms with Crippen molar-refractivity contribution in [2.75, 3.05) is 0 Å². The fourth-order valence-corrected chi connectivity index (χ4v) is 4.77. The Kier molecular flexibility index (Phi) is 4.84. The molecule has 0 aliphatic heterocycles. The summed E-state index contributed by atoms with van der Waals surface area (Å²) in [5.41, 5.74) is 8.44. The summed E-state index contributed by atoms with van der Waals surface area (Å²) in [6, 6.07) is 37.1. The Labute approximate surface area is 202 Å². The van der Waals surface area contributed by atoms with Crippen LogP contribution in [0.15, 0.2) is 109 Å². The Morgan fingerprint density at radius 3 is 2.14 bits per heavy atom. The summed E-state index contributed by atoms with van der Waals surface area (Å²) < 4.78 is 2.25. The second-order valence-electron chi connectivity index (χ2n) is 8.37. The van der Waals surface area contributed by atoms with E-state index in [0.717, 1.165) is 49.7 Å². The zero-order chi connectivity index (χ0) is 23.8. The maximum atomic E-state index is 9.43. The molecule has 0 aliphatic rings. The lowest BCUT2D eigenvalue weighted by Gasteiger charge is -2.13. The third-order valence-corrected chi connectivity index (χ3v) is 6.32. The average Bonchev–Trinajstić information content (AvgIpc) is 3.27. The van der Waals surface area contributed by atoms with Crippen LogP contribution in [-0.2, 0) is 0 Å². The highest BCUT2D eigenvalue weighted by molar-refractivity contribution is 6.09. The number of benzene rings is 4. The highest BCUT2D eigenvalue weighted by Crippen LogP contribution is 2.36. The van der Waals surface area contributed by atoms with Gasteiger partial charge < -0.3 is 4.57 Å². The van der Waals surface area contributed by atoms with Gasteiger partial charge in [0, 0.05) is 34.4 Å². The predicted octanol–water partition coefficient (Wildman–Crippen LogP) is 7.26. The van der Waals surface area contributed by atoms with E-state index in [1.807, 2.05) is 48.5 Å². The summed E-state index contributed by atoms with van der Waals surface area (Å²) >= 11 is 0. The largest absolute Gasteiger partial charge is 0.309 e. The van der Waals surface area contributed by atoms with Gasteiger partial charge in [0.05, 0.1) is 28.2 Å². The number of fused-ring (bicyclic) bond motifs is 3. The summed E-state index contributed by atoms with van der Waals surface area (Å²) in [6.07, 6.45) is 3.37. The Balaban J connectivity index is 1.57. The predicted molar refractivity (Wildman–Crippen MR) is 139 cm³/mol. The molecule has 0 fully saturated rings. The van der Waals surface area contributed by atoms with Crippen LogP contribution in [-0.4, -0.2) is 9.55 Å². The van der Waals surface area contributed by atoms with E-state index < -0.39 is 0 Å². The van der Waals surface area contributed by atoms with Gasteiger partial charge in [-0.25, -0.2) is 0 Å². The van der Waals surface area contributed by atoms with Gasteiger partial charge in [-0.05, 0) is 59.2 Å². The summed E-state index contributed by atoms with van der Waals surface area (Å²) in [7, 11) is 0. The van der Waals surface area contributed by atoms with Crippen molar-refractivity contribution >= 4 is 21.8 Å². The summed E-state index contributed by atoms with van der Waals surface area (Å²) in [5.74, 6) is 0. The van der Waals surface area contributed by atoms with Crippen LogP contribution in [0.25, 0.3) is 49.7 Å². The number of para-hydroxylation sites is 1. The molecular weight excluding hydrogens is 428 g/mol. The first kappa shape index (κ1) is 20.4. The summed E-state index contributed by atoms with van der Waals surface area (Å²) in [4.78, 5) is 4.26. The van der Waals surface area contributed by atoms with Crippen LogP contribution < -0.4 is 0 Å². The Bertz CT molecular complexity index is 1830. The lowest BCUT2D eigenvalue weighted by atomic mass is 9.94. The minimum atomic E-state index is 0.535. The Hall–Kier alpha value is -5.19. The molecule has 0 aliphatic carbocycles. The van der Waals surface area contributed by atoms with Crippen molar-refractivity contribution in [3.05, 3.63) is 121 Å². The van der Waals surface area contributed by atoms with Crippen molar-refractivity contribution in [2.45, 2.75) is 0 Å². The second kappa shape index (κ2) is 8.30. The maximum absolute atomic E-state index is 9.43. The molecule has 6 aromatic rings. The Morgan fingerprint density at radius 2 is 1.31 bits per heavy atom. The summed E-state index contributed by atoms with van der Waals surface area (Å²) in [6.45, 7) is 0. The lowest BCUT2D eigenvalue weighted by molar-refractivity contribution is 1.18. The number of hydrogen-bond acceptors (Lipinski definition) is 3. The zero-order valence-electron chi connectivity index (χ0n) is 18.7. The molecule has 0 radical (unpaired) electrons. The first-order chi connectivity index (χ1) is 17.3. The van der Waals surface area contributed by atoms with Crippen molar-refractivity contribution in [3.63, 3.8) is 0 Å². The average molecular weight is 447 g/mol. The van der Waals surface area contributed by atoms with Crippen LogP contribution in [0.2, 0.25) is 0 Å². The van der Waals surface area contributed by atoms with Gasteiger partial charge in [-0.15, -0.1) is 0 Å². The fraction of sp³-hybridized carbons (Fsp3) is 0. The van der Waals surface area contributed by atoms with E-state index in [9.17, 15) is 10.5 Å². The smallest absolute Gasteiger partial charge is 0.101 e. The molecule has 0 amide bonds. The molecule has 0 spiro atoms. The third-order valence-electron chi connectivity index (χ3n) is 6.32. The molecule has 4 heteroatoms. The van der Waals surface area contributed by atoms with Crippen LogP contribution in [0.3, 0.4) is 0 Å². The monoisotopic (exact) mass is 446 g/mol. The SMILES string of the molecule is N#Cc1cncc(-c2ccccc2-c2cccc(-n3c4ccccc4c4cc(C#N)ccc43)c2)c1. The Morgan fingerprint density at radius 1 is 0.571 bits per heavy atom. The standard InChI is InChI=1S/C31H18N4/c32-17-21-12-13-31-29(15-21)28-10-3-4-11-30(28)35(31)25-7-5-6-23(16-25)26-8-1-2-9-27(26)24-14-22(18-33)19-34-20-24/h1-16,19-20H. The molecule has 4 aromatic carbocycles. The van der Waals surface area contributed by atoms with Crippen LogP contribution in [0.4, 0.5) is 0 Å². The van der Waals surface area contributed by atoms with E-state index in [4.69, 9.17) is 0 Å². The first-order valence-electron chi connectivity index (χ1n) is 11.3. The molecule has 162 valence electrons. The molecule has 6 rings (SSSR count). The molecular formula is C31H18N4. The molecule has 2 heterocycles. The molecule has 0 unspecified atom stereocenters. The topological polar surface area (TPSA) is 65.4 Å². The molecule has 0 N–H and O–H groups in total. The number of nitriles is 2. The van der Waals surface area contributed by atoms with Crippen molar-refractivity contribution in [3.8, 4) is 40.1 Å². The molecule has 0 saturated heterocycles. The lowest BCUT2D eigenvalue weighted by Crippen LogP contribution is -1.95. The minimum Gasteiger partial charge on any atom is -0.309 e. The number of hydrogen-bond donors (Lipinski definition) is 0. The number of aromatic nitrogens is 2. The van der Waals surface area contributed by atoms with Gasteiger partial charge in [-0.3, -0.25) is 4.98 Å². The third kappa shape index (κ3) is 3.42. The van der Waals surface area contributed by atoms with E-state index in [2.05, 4.69) is 70.2 Å². The van der Waals surface area contributed by atoms with E-state index in [-0.39, 0.29) is 0 Å². The van der Waals surface area contributed by atoms with Crippen molar-refractivity contribution in [1.82, 2.24) is 9.55 Å². The quantitative estimate of drug-likeness (QED) is 0.287. The number of pyridine rings is 1. The highest BCUT2D eigenvalue weighted by atomic mass is 15.0. The van der Waals surface area contributed by atoms with Crippen molar-refractivity contribution in [1.29, 1.82) is 10.5 Å². The normalized spacial score (nSPS) is 10.8. The molecule has 0 atom stereocenters. The maximum Gasteiger partial charge on any atom is 0.101 e. The molecule has 2 aromatic heterocycles. The first-order valence-corrected chi connectivity index (χ1v) is 11.3. The van der Waals surface area contributed by atoms with E-state index in [0.29, 0.717) is 11.1 Å². The van der Waals surface area contributed by atoms with Crippen LogP contribution in [0, 0.1) is 22.7 Å². The van der Waals surface area contributed by atoms with Gasteiger partial charge in [0.1, 0.15) is 6.07 Å². The number of rotatable bonds is 3. The van der Waals surface area contributed by atoms with Gasteiger partial charge in [-0.1, -0.05) is 54.6 Å². The van der Waals surface area contributed by atoms with Crippen molar-refractivity contribution < 1.29 is 0 Å². The molecule has 35 heavy (non-hydrogen) atoms. The number of nitrogens with zero attached hydrogens (tertiary/aromatic N) is 4. The van der Waals surface area contributed by atoms with Crippen molar-refractivity contribution in [2.24, 2.45) is 0 Å². The van der Waals surface area contributed by atoms with Gasteiger partial charge in [0.15, 0.2) is 0 Å². The van der Waals surface area contributed by atoms with Gasteiger partial charge in [0.25, 0.3) is 0 Å². The van der Waals surface area contributed by atoms with Crippen LogP contribution >= 0.6 is 0 Å². The minimum absolute atomic E-state index is 0.535. The van der Waals surface area contributed by atoms with Crippen LogP contribution in [0.1, 0.15) is 11.1 Å². The van der Waals surface area contributed by atoms with Gasteiger partial charge in [0.2, 0.25) is 0 Å². The summed E-state index contributed by atoms with van der Waals surface area (Å²) in [5, 5.41) is 20.9. The van der Waals surface area contributed by atoms with E-state index >= 15 is 0 Å². The van der Waals surface area contributed by atoms with E-state index in [1.165, 1.54) is 0 Å². The molecule has 0 saturated carbocycles.